The van der Waals surface area contributed by atoms with E-state index in [0.29, 0.717) is 6.54 Å². The van der Waals surface area contributed by atoms with Crippen LogP contribution < -0.4 is 5.32 Å². The molecule has 2 amide bonds. The number of rotatable bonds is 6. The first-order valence-corrected chi connectivity index (χ1v) is 5.25. The van der Waals surface area contributed by atoms with Crippen LogP contribution in [0.2, 0.25) is 0 Å². The van der Waals surface area contributed by atoms with Gasteiger partial charge in [0.2, 0.25) is 0 Å². The van der Waals surface area contributed by atoms with Gasteiger partial charge in [0.25, 0.3) is 0 Å². The fraction of sp³-hybridized carbons (Fsp3) is 0.700. The van der Waals surface area contributed by atoms with E-state index >= 15 is 0 Å². The van der Waals surface area contributed by atoms with Crippen molar-refractivity contribution in [1.82, 2.24) is 10.2 Å². The van der Waals surface area contributed by atoms with Gasteiger partial charge in [-0.05, 0) is 13.8 Å². The Morgan fingerprint density at radius 1 is 1.41 bits per heavy atom. The van der Waals surface area contributed by atoms with Crippen LogP contribution >= 0.6 is 0 Å². The highest BCUT2D eigenvalue weighted by molar-refractivity contribution is 5.81. The summed E-state index contributed by atoms with van der Waals surface area (Å²) in [7, 11) is 1.22. The van der Waals surface area contributed by atoms with Gasteiger partial charge in [-0.1, -0.05) is 0 Å². The molecule has 0 heterocycles. The number of hydrogen-bond acceptors (Lipinski definition) is 4. The van der Waals surface area contributed by atoms with E-state index in [9.17, 15) is 14.4 Å². The lowest BCUT2D eigenvalue weighted by atomic mass is 10.2. The number of methoxy groups -OCH3 is 1. The molecule has 0 fully saturated rings. The predicted molar refractivity (Wildman–Crippen MR) is 59.5 cm³/mol. The SMILES string of the molecule is CCN(C(=O)NCC(=O)OC)C(C)CC(=O)O. The molecule has 0 bridgehead atoms. The lowest BCUT2D eigenvalue weighted by Gasteiger charge is -2.26. The first-order valence-electron chi connectivity index (χ1n) is 5.25. The highest BCUT2D eigenvalue weighted by Gasteiger charge is 2.20. The van der Waals surface area contributed by atoms with Crippen molar-refractivity contribution in [2.45, 2.75) is 26.3 Å². The number of nitrogens with zero attached hydrogens (tertiary/aromatic N) is 1. The summed E-state index contributed by atoms with van der Waals surface area (Å²) < 4.78 is 4.37. The van der Waals surface area contributed by atoms with Gasteiger partial charge in [0.1, 0.15) is 6.54 Å². The minimum absolute atomic E-state index is 0.139. The van der Waals surface area contributed by atoms with Crippen LogP contribution in [0.25, 0.3) is 0 Å². The van der Waals surface area contributed by atoms with Crippen molar-refractivity contribution >= 4 is 18.0 Å². The molecule has 0 rings (SSSR count). The molecule has 17 heavy (non-hydrogen) atoms. The van der Waals surface area contributed by atoms with Gasteiger partial charge < -0.3 is 20.1 Å². The molecule has 1 atom stereocenters. The summed E-state index contributed by atoms with van der Waals surface area (Å²) in [6.07, 6.45) is -0.139. The quantitative estimate of drug-likeness (QED) is 0.646. The highest BCUT2D eigenvalue weighted by atomic mass is 16.5. The first-order chi connectivity index (χ1) is 7.92. The maximum Gasteiger partial charge on any atom is 0.325 e. The van der Waals surface area contributed by atoms with E-state index in [-0.39, 0.29) is 13.0 Å². The van der Waals surface area contributed by atoms with E-state index in [1.165, 1.54) is 12.0 Å². The van der Waals surface area contributed by atoms with Crippen molar-refractivity contribution < 1.29 is 24.2 Å². The van der Waals surface area contributed by atoms with Crippen molar-refractivity contribution in [2.75, 3.05) is 20.2 Å². The number of hydrogen-bond donors (Lipinski definition) is 2. The van der Waals surface area contributed by atoms with Gasteiger partial charge in [-0.3, -0.25) is 9.59 Å². The van der Waals surface area contributed by atoms with Gasteiger partial charge in [0.05, 0.1) is 13.5 Å². The molecule has 0 spiro atoms. The molecule has 0 radical (unpaired) electrons. The van der Waals surface area contributed by atoms with Crippen molar-refractivity contribution in [1.29, 1.82) is 0 Å². The number of carbonyl (C=O) groups excluding carboxylic acids is 2. The topological polar surface area (TPSA) is 95.9 Å². The van der Waals surface area contributed by atoms with Crippen molar-refractivity contribution in [3.8, 4) is 0 Å². The third-order valence-corrected chi connectivity index (χ3v) is 2.22. The molecule has 2 N–H and O–H groups in total. The molecule has 0 aromatic carbocycles. The molecule has 0 aromatic heterocycles. The van der Waals surface area contributed by atoms with Gasteiger partial charge in [-0.25, -0.2) is 4.79 Å². The lowest BCUT2D eigenvalue weighted by molar-refractivity contribution is -0.140. The standard InChI is InChI=1S/C10H18N2O5/c1-4-12(7(2)5-8(13)14)10(16)11-6-9(15)17-3/h7H,4-6H2,1-3H3,(H,11,16)(H,13,14). The minimum Gasteiger partial charge on any atom is -0.481 e. The summed E-state index contributed by atoms with van der Waals surface area (Å²) in [5.41, 5.74) is 0. The molecule has 0 saturated carbocycles. The molecule has 0 aliphatic carbocycles. The number of ether oxygens (including phenoxy) is 1. The maximum atomic E-state index is 11.6. The fourth-order valence-corrected chi connectivity index (χ4v) is 1.34. The zero-order valence-corrected chi connectivity index (χ0v) is 10.2. The molecule has 0 aliphatic rings. The highest BCUT2D eigenvalue weighted by Crippen LogP contribution is 2.03. The number of esters is 1. The Labute approximate surface area is 99.7 Å². The van der Waals surface area contributed by atoms with Crippen LogP contribution in [0.4, 0.5) is 4.79 Å². The van der Waals surface area contributed by atoms with Gasteiger partial charge in [-0.2, -0.15) is 0 Å². The van der Waals surface area contributed by atoms with Crippen LogP contribution in [-0.4, -0.2) is 54.2 Å². The Balaban J connectivity index is 4.29. The number of nitrogens with one attached hydrogen (secondary N) is 1. The molecule has 7 heteroatoms. The Morgan fingerprint density at radius 2 is 2.00 bits per heavy atom. The predicted octanol–water partition coefficient (Wildman–Crippen LogP) is 0.0541. The third-order valence-electron chi connectivity index (χ3n) is 2.22. The summed E-state index contributed by atoms with van der Waals surface area (Å²) in [5, 5.41) is 11.0. The minimum atomic E-state index is -0.975. The second-order valence-electron chi connectivity index (χ2n) is 3.47. The fourth-order valence-electron chi connectivity index (χ4n) is 1.34. The molecule has 1 unspecified atom stereocenters. The normalized spacial score (nSPS) is 11.5. The first kappa shape index (κ1) is 15.2. The van der Waals surface area contributed by atoms with Crippen molar-refractivity contribution in [3.63, 3.8) is 0 Å². The van der Waals surface area contributed by atoms with Gasteiger partial charge in [0, 0.05) is 12.6 Å². The Hall–Kier alpha value is -1.79. The largest absolute Gasteiger partial charge is 0.481 e. The van der Waals surface area contributed by atoms with Crippen LogP contribution in [-0.2, 0) is 14.3 Å². The van der Waals surface area contributed by atoms with Gasteiger partial charge in [0.15, 0.2) is 0 Å². The molecule has 0 saturated heterocycles. The lowest BCUT2D eigenvalue weighted by Crippen LogP contribution is -2.47. The zero-order chi connectivity index (χ0) is 13.4. The summed E-state index contributed by atoms with van der Waals surface area (Å²) in [6, 6.07) is -0.915. The van der Waals surface area contributed by atoms with Crippen molar-refractivity contribution in [3.05, 3.63) is 0 Å². The van der Waals surface area contributed by atoms with Crippen LogP contribution in [0, 0.1) is 0 Å². The van der Waals surface area contributed by atoms with E-state index in [0.717, 1.165) is 0 Å². The molecule has 0 aliphatic heterocycles. The van der Waals surface area contributed by atoms with E-state index in [1.54, 1.807) is 13.8 Å². The van der Waals surface area contributed by atoms with E-state index < -0.39 is 24.0 Å². The molecule has 98 valence electrons. The zero-order valence-electron chi connectivity index (χ0n) is 10.2. The van der Waals surface area contributed by atoms with Crippen LogP contribution in [0.3, 0.4) is 0 Å². The summed E-state index contributed by atoms with van der Waals surface area (Å²) in [6.45, 7) is 3.50. The molecule has 7 nitrogen and oxygen atoms in total. The number of carbonyl (C=O) groups is 3. The molecule has 0 aromatic rings. The number of urea groups is 1. The van der Waals surface area contributed by atoms with E-state index in [1.807, 2.05) is 0 Å². The smallest absolute Gasteiger partial charge is 0.325 e. The third kappa shape index (κ3) is 5.74. The number of carboxylic acid groups (broad SMARTS) is 1. The van der Waals surface area contributed by atoms with E-state index in [2.05, 4.69) is 10.1 Å². The average molecular weight is 246 g/mol. The maximum absolute atomic E-state index is 11.6. The van der Waals surface area contributed by atoms with Crippen LogP contribution in [0.15, 0.2) is 0 Å². The number of aliphatic carboxylic acids is 1. The monoisotopic (exact) mass is 246 g/mol. The van der Waals surface area contributed by atoms with Gasteiger partial charge in [-0.15, -0.1) is 0 Å². The summed E-state index contributed by atoms with van der Waals surface area (Å²) in [5.74, 6) is -1.53. The summed E-state index contributed by atoms with van der Waals surface area (Å²) in [4.78, 5) is 34.3. The second-order valence-corrected chi connectivity index (χ2v) is 3.47. The Morgan fingerprint density at radius 3 is 2.41 bits per heavy atom. The Kier molecular flexibility index (Phi) is 6.69. The van der Waals surface area contributed by atoms with Crippen molar-refractivity contribution in [2.24, 2.45) is 0 Å². The van der Waals surface area contributed by atoms with E-state index in [4.69, 9.17) is 5.11 Å². The number of carboxylic acids is 1. The average Bonchev–Trinajstić information content (AvgIpc) is 2.25. The number of amides is 2. The van der Waals surface area contributed by atoms with Crippen LogP contribution in [0.1, 0.15) is 20.3 Å². The Bertz CT molecular complexity index is 292. The summed E-state index contributed by atoms with van der Waals surface area (Å²) >= 11 is 0. The molecular formula is C10H18N2O5. The van der Waals surface area contributed by atoms with Crippen LogP contribution in [0.5, 0.6) is 0 Å². The second kappa shape index (κ2) is 7.48. The molecular weight excluding hydrogens is 228 g/mol. The van der Waals surface area contributed by atoms with Gasteiger partial charge >= 0.3 is 18.0 Å².